The largest absolute Gasteiger partial charge is 1.00 e. The number of ether oxygens (including phenoxy) is 2. The molecule has 8 heteroatoms. The predicted molar refractivity (Wildman–Crippen MR) is 103 cm³/mol. The van der Waals surface area contributed by atoms with Gasteiger partial charge in [0, 0.05) is 0 Å². The van der Waals surface area contributed by atoms with Gasteiger partial charge in [0.2, 0.25) is 0 Å². The molecule has 0 fully saturated rings. The van der Waals surface area contributed by atoms with Gasteiger partial charge in [0.05, 0.1) is 13.2 Å². The molecule has 0 spiro atoms. The summed E-state index contributed by atoms with van der Waals surface area (Å²) < 4.78 is 10.2. The Balaban J connectivity index is -0.000000480. The summed E-state index contributed by atoms with van der Waals surface area (Å²) >= 11 is 0. The summed E-state index contributed by atoms with van der Waals surface area (Å²) in [6, 6.07) is 0. The normalized spacial score (nSPS) is 10.3. The number of rotatable bonds is 16. The van der Waals surface area contributed by atoms with Crippen molar-refractivity contribution in [3.8, 4) is 0 Å². The monoisotopic (exact) mass is 406 g/mol. The third kappa shape index (κ3) is 19.9. The molecule has 0 heterocycles. The molecule has 0 radical (unpaired) electrons. The average molecular weight is 407 g/mol. The summed E-state index contributed by atoms with van der Waals surface area (Å²) in [5, 5.41) is 0. The second kappa shape index (κ2) is 23.1. The van der Waals surface area contributed by atoms with E-state index in [2.05, 4.69) is 37.5 Å². The van der Waals surface area contributed by atoms with E-state index in [9.17, 15) is 9.59 Å². The van der Waals surface area contributed by atoms with E-state index in [1.54, 1.807) is 0 Å². The Morgan fingerprint density at radius 1 is 0.667 bits per heavy atom. The van der Waals surface area contributed by atoms with Crippen LogP contribution in [0.2, 0.25) is 0 Å². The third-order valence-corrected chi connectivity index (χ3v) is 4.34. The van der Waals surface area contributed by atoms with Crippen LogP contribution in [-0.4, -0.2) is 74.2 Å². The Kier molecular flexibility index (Phi) is 27.9. The van der Waals surface area contributed by atoms with Crippen molar-refractivity contribution in [2.24, 2.45) is 0 Å². The minimum absolute atomic E-state index is 0. The number of hydrogen-bond acceptors (Lipinski definition) is 6. The van der Waals surface area contributed by atoms with Gasteiger partial charge in [-0.3, -0.25) is 9.59 Å². The molecule has 0 unspecified atom stereocenters. The molecule has 0 rings (SSSR count). The van der Waals surface area contributed by atoms with E-state index in [1.807, 2.05) is 0 Å². The van der Waals surface area contributed by atoms with Gasteiger partial charge in [0.15, 0.2) is 0 Å². The van der Waals surface area contributed by atoms with Gasteiger partial charge in [-0.2, -0.15) is 0 Å². The first-order valence-electron chi connectivity index (χ1n) is 9.83. The molecular formula is C19H40N2Na2O4. The number of hydrogen-bond donors (Lipinski definition) is 0. The molecule has 0 amide bonds. The van der Waals surface area contributed by atoms with Crippen molar-refractivity contribution in [1.82, 2.24) is 9.80 Å². The molecule has 0 aliphatic rings. The number of unbranched alkanes of at least 4 members (excludes halogenated alkanes) is 2. The van der Waals surface area contributed by atoms with Crippen LogP contribution in [0.1, 0.15) is 62.7 Å². The van der Waals surface area contributed by atoms with Gasteiger partial charge in [0.1, 0.15) is 6.42 Å². The van der Waals surface area contributed by atoms with E-state index >= 15 is 0 Å². The van der Waals surface area contributed by atoms with Crippen molar-refractivity contribution in [1.29, 1.82) is 0 Å². The summed E-state index contributed by atoms with van der Waals surface area (Å²) in [5.41, 5.74) is 0. The van der Waals surface area contributed by atoms with Gasteiger partial charge in [-0.15, -0.1) is 0 Å². The first-order valence-corrected chi connectivity index (χ1v) is 9.83. The van der Waals surface area contributed by atoms with E-state index in [-0.39, 0.29) is 68.4 Å². The van der Waals surface area contributed by atoms with Gasteiger partial charge in [-0.25, -0.2) is 0 Å². The zero-order chi connectivity index (χ0) is 18.9. The van der Waals surface area contributed by atoms with Crippen molar-refractivity contribution in [3.05, 3.63) is 0 Å². The van der Waals surface area contributed by atoms with Crippen LogP contribution < -0.4 is 59.1 Å². The second-order valence-corrected chi connectivity index (χ2v) is 6.09. The van der Waals surface area contributed by atoms with Crippen molar-refractivity contribution in [2.75, 3.05) is 52.5 Å². The van der Waals surface area contributed by atoms with Crippen LogP contribution in [-0.2, 0) is 19.1 Å². The van der Waals surface area contributed by atoms with E-state index in [4.69, 9.17) is 9.47 Å². The molecule has 0 aromatic carbocycles. The molecular weight excluding hydrogens is 366 g/mol. The Labute approximate surface area is 213 Å². The quantitative estimate of drug-likeness (QED) is 0.117. The van der Waals surface area contributed by atoms with Crippen LogP contribution in [0.25, 0.3) is 0 Å². The Hall–Kier alpha value is 0.860. The molecule has 6 nitrogen and oxygen atoms in total. The maximum atomic E-state index is 11.6. The first-order chi connectivity index (χ1) is 12.1. The number of carbonyl (C=O) groups excluding carboxylic acids is 2. The summed E-state index contributed by atoms with van der Waals surface area (Å²) in [4.78, 5) is 27.8. The summed E-state index contributed by atoms with van der Waals surface area (Å²) in [7, 11) is 0. The van der Waals surface area contributed by atoms with Crippen LogP contribution in [0.4, 0.5) is 0 Å². The standard InChI is InChI=1S/C19H38N2O4.2Na.2H/c1-5-20(6-2)13-9-11-15-24-18(22)17-19(23)25-16-12-10-14-21(7-3)8-4;;;;/h5-17H2,1-4H3;;;;/q;2*+1;2*-1. The SMILES string of the molecule is CCN(CC)CCCCOC(=O)CC(=O)OCCCCN(CC)CC.[H-].[H-].[Na+].[Na+]. The molecule has 0 aliphatic heterocycles. The maximum absolute atomic E-state index is 11.6. The molecule has 0 aromatic rings. The fourth-order valence-electron chi connectivity index (χ4n) is 2.55. The van der Waals surface area contributed by atoms with Crippen molar-refractivity contribution in [3.63, 3.8) is 0 Å². The van der Waals surface area contributed by atoms with Crippen LogP contribution in [0.5, 0.6) is 0 Å². The fraction of sp³-hybridized carbons (Fsp3) is 0.895. The number of esters is 2. The van der Waals surface area contributed by atoms with Gasteiger partial charge in [-0.05, 0) is 65.0 Å². The molecule has 0 saturated carbocycles. The van der Waals surface area contributed by atoms with Crippen molar-refractivity contribution >= 4 is 11.9 Å². The Morgan fingerprint density at radius 3 is 1.30 bits per heavy atom. The van der Waals surface area contributed by atoms with Crippen molar-refractivity contribution < 1.29 is 81.0 Å². The van der Waals surface area contributed by atoms with Gasteiger partial charge < -0.3 is 22.1 Å². The van der Waals surface area contributed by atoms with Gasteiger partial charge >= 0.3 is 71.1 Å². The smallest absolute Gasteiger partial charge is 1.00 e. The molecule has 0 N–H and O–H groups in total. The van der Waals surface area contributed by atoms with E-state index < -0.39 is 11.9 Å². The van der Waals surface area contributed by atoms with E-state index in [0.29, 0.717) is 13.2 Å². The second-order valence-electron chi connectivity index (χ2n) is 6.09. The molecule has 0 aromatic heterocycles. The molecule has 27 heavy (non-hydrogen) atoms. The zero-order valence-corrected chi connectivity index (χ0v) is 22.7. The number of nitrogens with zero attached hydrogens (tertiary/aromatic N) is 2. The van der Waals surface area contributed by atoms with Crippen LogP contribution >= 0.6 is 0 Å². The minimum atomic E-state index is -0.490. The fourth-order valence-corrected chi connectivity index (χ4v) is 2.55. The Morgan fingerprint density at radius 2 is 1.00 bits per heavy atom. The van der Waals surface area contributed by atoms with Crippen LogP contribution in [0.3, 0.4) is 0 Å². The molecule has 152 valence electrons. The van der Waals surface area contributed by atoms with E-state index in [1.165, 1.54) is 0 Å². The summed E-state index contributed by atoms with van der Waals surface area (Å²) in [5.74, 6) is -0.980. The van der Waals surface area contributed by atoms with E-state index in [0.717, 1.165) is 65.0 Å². The van der Waals surface area contributed by atoms with Crippen molar-refractivity contribution in [2.45, 2.75) is 59.8 Å². The number of carbonyl (C=O) groups is 2. The zero-order valence-electron chi connectivity index (χ0n) is 20.7. The molecule has 0 saturated heterocycles. The predicted octanol–water partition coefficient (Wildman–Crippen LogP) is -3.06. The average Bonchev–Trinajstić information content (AvgIpc) is 2.61. The van der Waals surface area contributed by atoms with Gasteiger partial charge in [0.25, 0.3) is 0 Å². The summed E-state index contributed by atoms with van der Waals surface area (Å²) in [6.45, 7) is 15.5. The topological polar surface area (TPSA) is 59.1 Å². The van der Waals surface area contributed by atoms with Gasteiger partial charge in [-0.1, -0.05) is 27.7 Å². The molecule has 0 aliphatic carbocycles. The van der Waals surface area contributed by atoms with Crippen LogP contribution in [0, 0.1) is 0 Å². The third-order valence-electron chi connectivity index (χ3n) is 4.34. The molecule has 0 atom stereocenters. The Bertz CT molecular complexity index is 331. The van der Waals surface area contributed by atoms with Crippen LogP contribution in [0.15, 0.2) is 0 Å². The minimum Gasteiger partial charge on any atom is -1.00 e. The first kappa shape index (κ1) is 32.5. The molecule has 0 bridgehead atoms. The maximum Gasteiger partial charge on any atom is 1.00 e. The summed E-state index contributed by atoms with van der Waals surface area (Å²) in [6.07, 6.45) is 3.34.